The summed E-state index contributed by atoms with van der Waals surface area (Å²) in [6, 6.07) is 43.6. The Kier molecular flexibility index (Phi) is 9.88. The molecule has 0 radical (unpaired) electrons. The van der Waals surface area contributed by atoms with Crippen LogP contribution in [0.2, 0.25) is 0 Å². The Balaban J connectivity index is 1.25. The molecule has 0 aliphatic rings. The maximum Gasteiger partial charge on any atom is 0.141 e. The van der Waals surface area contributed by atoms with E-state index in [2.05, 4.69) is 207 Å². The molecule has 0 aliphatic heterocycles. The fourth-order valence-electron chi connectivity index (χ4n) is 9.17. The van der Waals surface area contributed by atoms with Gasteiger partial charge in [-0.05, 0) is 86.6 Å². The lowest BCUT2D eigenvalue weighted by atomic mass is 9.88. The number of hydrogen-bond donors (Lipinski definition) is 0. The normalized spacial score (nSPS) is 11.7. The van der Waals surface area contributed by atoms with Gasteiger partial charge in [-0.3, -0.25) is 4.98 Å². The smallest absolute Gasteiger partial charge is 0.141 e. The molecule has 0 atom stereocenters. The molecule has 290 valence electrons. The molecule has 0 unspecified atom stereocenters. The lowest BCUT2D eigenvalue weighted by molar-refractivity contribution is 0.524. The maximum atomic E-state index is 5.55. The molecule has 8 rings (SSSR count). The van der Waals surface area contributed by atoms with Crippen LogP contribution < -0.4 is 0 Å². The van der Waals surface area contributed by atoms with Crippen molar-refractivity contribution in [2.45, 2.75) is 67.7 Å². The van der Waals surface area contributed by atoms with Crippen LogP contribution in [0.4, 0.5) is 0 Å². The first-order valence-corrected chi connectivity index (χ1v) is 20.2. The topological polar surface area (TPSA) is 48.5 Å². The highest BCUT2D eigenvalue weighted by Gasteiger charge is 2.27. The number of imidazole rings is 2. The average molecular weight is 760 g/mol. The van der Waals surface area contributed by atoms with Crippen LogP contribution in [0.5, 0.6) is 0 Å². The molecule has 0 aliphatic carbocycles. The Morgan fingerprint density at radius 2 is 0.879 bits per heavy atom. The fourth-order valence-corrected chi connectivity index (χ4v) is 9.17. The van der Waals surface area contributed by atoms with Gasteiger partial charge in [0.2, 0.25) is 0 Å². The number of benzene rings is 5. The summed E-state index contributed by atoms with van der Waals surface area (Å²) in [7, 11) is 4.30. The third-order valence-electron chi connectivity index (χ3n) is 11.6. The molecule has 8 aromatic rings. The Bertz CT molecular complexity index is 2770. The molecule has 5 aromatic carbocycles. The first-order valence-electron chi connectivity index (χ1n) is 20.2. The van der Waals surface area contributed by atoms with Gasteiger partial charge in [-0.15, -0.1) is 0 Å². The summed E-state index contributed by atoms with van der Waals surface area (Å²) in [6.45, 7) is 19.7. The first-order chi connectivity index (χ1) is 27.7. The number of aromatic nitrogens is 5. The van der Waals surface area contributed by atoms with Gasteiger partial charge < -0.3 is 9.13 Å². The number of pyridine rings is 1. The van der Waals surface area contributed by atoms with Gasteiger partial charge in [0.15, 0.2) is 0 Å². The molecule has 0 fully saturated rings. The number of aryl methyl sites for hydroxylation is 5. The maximum absolute atomic E-state index is 5.55. The van der Waals surface area contributed by atoms with Gasteiger partial charge in [-0.2, -0.15) is 0 Å². The van der Waals surface area contributed by atoms with Crippen molar-refractivity contribution < 1.29 is 0 Å². The molecule has 0 N–H and O–H groups in total. The van der Waals surface area contributed by atoms with Gasteiger partial charge >= 0.3 is 0 Å². The second-order valence-corrected chi connectivity index (χ2v) is 16.9. The highest BCUT2D eigenvalue weighted by atomic mass is 15.1. The standard InChI is InChI=1S/C53H53N5/c1-32-30-33(2)45(36(5)44(32)38-22-24-39(25-23-38)46-34(3)31-35(4)54-37(46)6)51-55-47(49(57(51)10)42-20-16-13-17-21-42)41-26-28-43(29-27-41)50-48(40-18-14-12-15-19-40)56-52(58(50)11)53(7,8)9/h12-31H,1-11H3. The van der Waals surface area contributed by atoms with Gasteiger partial charge in [0, 0.05) is 64.3 Å². The molecule has 5 heteroatoms. The van der Waals surface area contributed by atoms with Crippen LogP contribution in [0.15, 0.2) is 121 Å². The molecule has 3 aromatic heterocycles. The van der Waals surface area contributed by atoms with Crippen LogP contribution in [0.3, 0.4) is 0 Å². The molecule has 58 heavy (non-hydrogen) atoms. The molecule has 0 saturated heterocycles. The summed E-state index contributed by atoms with van der Waals surface area (Å²) in [5.41, 5.74) is 21.5. The second kappa shape index (κ2) is 14.9. The summed E-state index contributed by atoms with van der Waals surface area (Å²) in [5, 5.41) is 0. The summed E-state index contributed by atoms with van der Waals surface area (Å²) in [5.74, 6) is 2.01. The van der Waals surface area contributed by atoms with E-state index in [0.29, 0.717) is 0 Å². The van der Waals surface area contributed by atoms with E-state index in [4.69, 9.17) is 15.0 Å². The van der Waals surface area contributed by atoms with Gasteiger partial charge in [0.25, 0.3) is 0 Å². The molecular formula is C53H53N5. The van der Waals surface area contributed by atoms with Crippen LogP contribution in [0, 0.1) is 41.5 Å². The van der Waals surface area contributed by atoms with E-state index in [1.807, 2.05) is 0 Å². The molecule has 0 saturated carbocycles. The average Bonchev–Trinajstić information content (AvgIpc) is 3.72. The van der Waals surface area contributed by atoms with Gasteiger partial charge in [-0.1, -0.05) is 136 Å². The molecule has 0 bridgehead atoms. The summed E-state index contributed by atoms with van der Waals surface area (Å²) < 4.78 is 4.55. The zero-order valence-corrected chi connectivity index (χ0v) is 35.8. The van der Waals surface area contributed by atoms with Crippen LogP contribution in [0.25, 0.3) is 78.7 Å². The van der Waals surface area contributed by atoms with Gasteiger partial charge in [0.1, 0.15) is 11.6 Å². The van der Waals surface area contributed by atoms with Crippen molar-refractivity contribution in [1.82, 2.24) is 24.1 Å². The third kappa shape index (κ3) is 6.79. The van der Waals surface area contributed by atoms with Crippen molar-refractivity contribution in [1.29, 1.82) is 0 Å². The minimum absolute atomic E-state index is 0.113. The zero-order chi connectivity index (χ0) is 41.0. The highest BCUT2D eigenvalue weighted by molar-refractivity contribution is 5.88. The summed E-state index contributed by atoms with van der Waals surface area (Å²) in [6.07, 6.45) is 0. The summed E-state index contributed by atoms with van der Waals surface area (Å²) >= 11 is 0. The second-order valence-electron chi connectivity index (χ2n) is 16.9. The van der Waals surface area contributed by atoms with Crippen LogP contribution in [0.1, 0.15) is 60.2 Å². The minimum Gasteiger partial charge on any atom is -0.330 e. The molecular weight excluding hydrogens is 707 g/mol. The van der Waals surface area contributed by atoms with Crippen LogP contribution in [-0.2, 0) is 19.5 Å². The Morgan fingerprint density at radius 1 is 0.431 bits per heavy atom. The fraction of sp³-hybridized carbons (Fsp3) is 0.226. The largest absolute Gasteiger partial charge is 0.330 e. The Hall–Kier alpha value is -6.33. The lowest BCUT2D eigenvalue weighted by Gasteiger charge is -2.19. The number of hydrogen-bond acceptors (Lipinski definition) is 3. The molecule has 0 spiro atoms. The van der Waals surface area contributed by atoms with Crippen molar-refractivity contribution >= 4 is 0 Å². The number of nitrogens with zero attached hydrogens (tertiary/aromatic N) is 5. The molecule has 0 amide bonds. The predicted octanol–water partition coefficient (Wildman–Crippen LogP) is 13.4. The molecule has 5 nitrogen and oxygen atoms in total. The van der Waals surface area contributed by atoms with E-state index in [1.165, 1.54) is 50.1 Å². The van der Waals surface area contributed by atoms with Gasteiger partial charge in [0.05, 0.1) is 22.8 Å². The summed E-state index contributed by atoms with van der Waals surface area (Å²) in [4.78, 5) is 15.6. The van der Waals surface area contributed by atoms with Crippen molar-refractivity contribution in [3.8, 4) is 78.7 Å². The van der Waals surface area contributed by atoms with Crippen LogP contribution in [-0.4, -0.2) is 24.1 Å². The molecule has 3 heterocycles. The highest BCUT2D eigenvalue weighted by Crippen LogP contribution is 2.43. The van der Waals surface area contributed by atoms with Crippen molar-refractivity contribution in [3.05, 3.63) is 161 Å². The quantitative estimate of drug-likeness (QED) is 0.163. The van der Waals surface area contributed by atoms with E-state index < -0.39 is 0 Å². The Morgan fingerprint density at radius 3 is 1.47 bits per heavy atom. The van der Waals surface area contributed by atoms with Crippen molar-refractivity contribution in [2.75, 3.05) is 0 Å². The van der Waals surface area contributed by atoms with E-state index in [9.17, 15) is 0 Å². The van der Waals surface area contributed by atoms with E-state index in [1.54, 1.807) is 0 Å². The minimum atomic E-state index is -0.113. The SMILES string of the molecule is Cc1cc(C)c(-c2ccc(-c3c(C)cc(C)c(-c4nc(-c5ccc(-c6c(-c7ccccc7)nc(C(C)(C)C)n6C)cc5)c(-c5ccccc5)n4C)c3C)cc2)c(C)n1. The van der Waals surface area contributed by atoms with Crippen LogP contribution >= 0.6 is 0 Å². The van der Waals surface area contributed by atoms with E-state index >= 15 is 0 Å². The first kappa shape index (κ1) is 38.5. The number of rotatable bonds is 7. The lowest BCUT2D eigenvalue weighted by Crippen LogP contribution is -2.17. The van der Waals surface area contributed by atoms with Crippen molar-refractivity contribution in [2.24, 2.45) is 14.1 Å². The van der Waals surface area contributed by atoms with E-state index in [-0.39, 0.29) is 5.41 Å². The third-order valence-corrected chi connectivity index (χ3v) is 11.6. The Labute approximate surface area is 344 Å². The monoisotopic (exact) mass is 759 g/mol. The zero-order valence-electron chi connectivity index (χ0n) is 35.8. The van der Waals surface area contributed by atoms with E-state index in [0.717, 1.165) is 68.1 Å². The predicted molar refractivity (Wildman–Crippen MR) is 243 cm³/mol. The van der Waals surface area contributed by atoms with Gasteiger partial charge in [-0.25, -0.2) is 9.97 Å². The van der Waals surface area contributed by atoms with Crippen molar-refractivity contribution in [3.63, 3.8) is 0 Å².